The Morgan fingerprint density at radius 2 is 2.11 bits per heavy atom. The van der Waals surface area contributed by atoms with E-state index in [2.05, 4.69) is 15.3 Å². The first-order chi connectivity index (χ1) is 8.70. The number of hydrogen-bond acceptors (Lipinski definition) is 6. The van der Waals surface area contributed by atoms with E-state index in [9.17, 15) is 13.2 Å². The molecule has 0 saturated carbocycles. The van der Waals surface area contributed by atoms with Gasteiger partial charge in [-0.3, -0.25) is 4.79 Å². The maximum Gasteiger partial charge on any atom is 0.272 e. The summed E-state index contributed by atoms with van der Waals surface area (Å²) >= 11 is 0. The summed E-state index contributed by atoms with van der Waals surface area (Å²) in [5, 5.41) is 2.47. The van der Waals surface area contributed by atoms with Gasteiger partial charge in [-0.1, -0.05) is 13.8 Å². The van der Waals surface area contributed by atoms with Crippen molar-refractivity contribution in [1.82, 2.24) is 15.3 Å². The average Bonchev–Trinajstić information content (AvgIpc) is 2.27. The first-order valence-electron chi connectivity index (χ1n) is 5.79. The van der Waals surface area contributed by atoms with Crippen molar-refractivity contribution in [2.75, 3.05) is 24.3 Å². The zero-order chi connectivity index (χ0) is 14.6. The van der Waals surface area contributed by atoms with E-state index in [0.29, 0.717) is 5.82 Å². The molecule has 0 aromatic carbocycles. The highest BCUT2D eigenvalue weighted by molar-refractivity contribution is 7.90. The number of rotatable bonds is 5. The van der Waals surface area contributed by atoms with E-state index in [0.717, 1.165) is 6.26 Å². The molecule has 0 spiro atoms. The van der Waals surface area contributed by atoms with Crippen LogP contribution in [0.15, 0.2) is 6.20 Å². The van der Waals surface area contributed by atoms with Crippen LogP contribution in [0.1, 0.15) is 36.1 Å². The number of carbonyl (C=O) groups excluding carboxylic acids is 1. The van der Waals surface area contributed by atoms with Gasteiger partial charge in [0, 0.05) is 18.7 Å². The molecule has 3 N–H and O–H groups in total. The van der Waals surface area contributed by atoms with Crippen molar-refractivity contribution in [2.45, 2.75) is 19.8 Å². The first-order valence-corrected chi connectivity index (χ1v) is 7.85. The van der Waals surface area contributed by atoms with Gasteiger partial charge < -0.3 is 11.1 Å². The lowest BCUT2D eigenvalue weighted by atomic mass is 10.2. The van der Waals surface area contributed by atoms with Crippen molar-refractivity contribution >= 4 is 21.4 Å². The van der Waals surface area contributed by atoms with Crippen molar-refractivity contribution in [3.8, 4) is 0 Å². The van der Waals surface area contributed by atoms with Crippen molar-refractivity contribution in [2.24, 2.45) is 0 Å². The topological polar surface area (TPSA) is 115 Å². The van der Waals surface area contributed by atoms with Crippen LogP contribution in [0.2, 0.25) is 0 Å². The van der Waals surface area contributed by atoms with Gasteiger partial charge in [-0.05, 0) is 0 Å². The minimum absolute atomic E-state index is 0.0259. The second-order valence-electron chi connectivity index (χ2n) is 4.57. The summed E-state index contributed by atoms with van der Waals surface area (Å²) in [5.41, 5.74) is 5.89. The predicted octanol–water partition coefficient (Wildman–Crippen LogP) is -0.0434. The van der Waals surface area contributed by atoms with Crippen LogP contribution in [0.3, 0.4) is 0 Å². The van der Waals surface area contributed by atoms with E-state index >= 15 is 0 Å². The second-order valence-corrected chi connectivity index (χ2v) is 6.83. The number of nitrogen functional groups attached to an aromatic ring is 1. The molecule has 1 heterocycles. The lowest BCUT2D eigenvalue weighted by Crippen LogP contribution is -2.30. The molecule has 0 aliphatic rings. The number of nitrogens with two attached hydrogens (primary N) is 1. The molecule has 0 fully saturated rings. The van der Waals surface area contributed by atoms with Crippen LogP contribution in [0.4, 0.5) is 5.69 Å². The highest BCUT2D eigenvalue weighted by Gasteiger charge is 2.15. The number of carbonyl (C=O) groups is 1. The fourth-order valence-electron chi connectivity index (χ4n) is 1.30. The number of aromatic nitrogens is 2. The molecule has 0 aliphatic carbocycles. The SMILES string of the molecule is CC(C)c1ncc(N)c(C(=O)NCCS(C)(=O)=O)n1. The minimum atomic E-state index is -3.11. The lowest BCUT2D eigenvalue weighted by molar-refractivity contribution is 0.0951. The van der Waals surface area contributed by atoms with Gasteiger partial charge >= 0.3 is 0 Å². The highest BCUT2D eigenvalue weighted by Crippen LogP contribution is 2.13. The Hall–Kier alpha value is -1.70. The smallest absolute Gasteiger partial charge is 0.272 e. The quantitative estimate of drug-likeness (QED) is 0.784. The minimum Gasteiger partial charge on any atom is -0.396 e. The van der Waals surface area contributed by atoms with Crippen LogP contribution in [0.25, 0.3) is 0 Å². The van der Waals surface area contributed by atoms with Crippen LogP contribution in [0, 0.1) is 0 Å². The summed E-state index contributed by atoms with van der Waals surface area (Å²) in [6.07, 6.45) is 2.49. The molecule has 7 nitrogen and oxygen atoms in total. The number of anilines is 1. The van der Waals surface area contributed by atoms with Crippen LogP contribution in [-0.2, 0) is 9.84 Å². The second kappa shape index (κ2) is 5.96. The Labute approximate surface area is 112 Å². The maximum atomic E-state index is 11.8. The molecule has 0 bridgehead atoms. The Balaban J connectivity index is 2.79. The summed E-state index contributed by atoms with van der Waals surface area (Å²) in [6, 6.07) is 0. The molecular formula is C11H18N4O3S. The summed E-state index contributed by atoms with van der Waals surface area (Å²) in [7, 11) is -3.11. The van der Waals surface area contributed by atoms with E-state index in [4.69, 9.17) is 5.73 Å². The van der Waals surface area contributed by atoms with Crippen LogP contribution in [0.5, 0.6) is 0 Å². The largest absolute Gasteiger partial charge is 0.396 e. The highest BCUT2D eigenvalue weighted by atomic mass is 32.2. The first kappa shape index (κ1) is 15.4. The van der Waals surface area contributed by atoms with Crippen LogP contribution in [-0.4, -0.2) is 42.8 Å². The molecule has 8 heteroatoms. The molecule has 0 unspecified atom stereocenters. The van der Waals surface area contributed by atoms with Crippen LogP contribution >= 0.6 is 0 Å². The van der Waals surface area contributed by atoms with Gasteiger partial charge in [0.15, 0.2) is 5.69 Å². The average molecular weight is 286 g/mol. The van der Waals surface area contributed by atoms with Gasteiger partial charge in [0.1, 0.15) is 15.7 Å². The number of nitrogens with one attached hydrogen (secondary N) is 1. The molecule has 19 heavy (non-hydrogen) atoms. The van der Waals surface area contributed by atoms with Crippen LogP contribution < -0.4 is 11.1 Å². The molecule has 1 amide bonds. The summed E-state index contributed by atoms with van der Waals surface area (Å²) in [5.74, 6) is -0.0306. The molecule has 106 valence electrons. The zero-order valence-electron chi connectivity index (χ0n) is 11.2. The molecule has 0 radical (unpaired) electrons. The van der Waals surface area contributed by atoms with E-state index in [1.165, 1.54) is 6.20 Å². The van der Waals surface area contributed by atoms with E-state index < -0.39 is 15.7 Å². The molecule has 1 aromatic rings. The number of amides is 1. The third-order valence-corrected chi connectivity index (χ3v) is 3.27. The van der Waals surface area contributed by atoms with Crippen molar-refractivity contribution < 1.29 is 13.2 Å². The van der Waals surface area contributed by atoms with Gasteiger partial charge in [-0.15, -0.1) is 0 Å². The van der Waals surface area contributed by atoms with E-state index in [-0.39, 0.29) is 29.6 Å². The summed E-state index contributed by atoms with van der Waals surface area (Å²) in [4.78, 5) is 20.0. The third kappa shape index (κ3) is 4.82. The normalized spacial score (nSPS) is 11.6. The van der Waals surface area contributed by atoms with Gasteiger partial charge in [0.05, 0.1) is 17.6 Å². The van der Waals surface area contributed by atoms with Crippen molar-refractivity contribution in [1.29, 1.82) is 0 Å². The maximum absolute atomic E-state index is 11.8. The molecular weight excluding hydrogens is 268 g/mol. The Kier molecular flexibility index (Phi) is 4.82. The standard InChI is InChI=1S/C11H18N4O3S/c1-7(2)10-14-6-8(12)9(15-10)11(16)13-4-5-19(3,17)18/h6-7H,4-5,12H2,1-3H3,(H,13,16). The van der Waals surface area contributed by atoms with Gasteiger partial charge in [-0.25, -0.2) is 18.4 Å². The van der Waals surface area contributed by atoms with Gasteiger partial charge in [0.2, 0.25) is 0 Å². The van der Waals surface area contributed by atoms with E-state index in [1.807, 2.05) is 13.8 Å². The Morgan fingerprint density at radius 1 is 1.47 bits per heavy atom. The molecule has 1 rings (SSSR count). The van der Waals surface area contributed by atoms with Gasteiger partial charge in [-0.2, -0.15) is 0 Å². The number of hydrogen-bond donors (Lipinski definition) is 2. The lowest BCUT2D eigenvalue weighted by Gasteiger charge is -2.09. The molecule has 1 aromatic heterocycles. The van der Waals surface area contributed by atoms with Crippen molar-refractivity contribution in [3.63, 3.8) is 0 Å². The molecule has 0 saturated heterocycles. The fourth-order valence-corrected chi connectivity index (χ4v) is 1.77. The Bertz CT molecular complexity index is 569. The summed E-state index contributed by atoms with van der Waals surface area (Å²) in [6.45, 7) is 3.83. The molecule has 0 aliphatic heterocycles. The monoisotopic (exact) mass is 286 g/mol. The van der Waals surface area contributed by atoms with Crippen molar-refractivity contribution in [3.05, 3.63) is 17.7 Å². The third-order valence-electron chi connectivity index (χ3n) is 2.33. The van der Waals surface area contributed by atoms with Gasteiger partial charge in [0.25, 0.3) is 5.91 Å². The van der Waals surface area contributed by atoms with E-state index in [1.54, 1.807) is 0 Å². The number of nitrogens with zero attached hydrogens (tertiary/aromatic N) is 2. The molecule has 0 atom stereocenters. The zero-order valence-corrected chi connectivity index (χ0v) is 12.0. The fraction of sp³-hybridized carbons (Fsp3) is 0.545. The number of sulfone groups is 1. The Morgan fingerprint density at radius 3 is 2.63 bits per heavy atom. The summed E-state index contributed by atoms with van der Waals surface area (Å²) < 4.78 is 21.9. The predicted molar refractivity (Wildman–Crippen MR) is 72.6 cm³/mol.